The van der Waals surface area contributed by atoms with Crippen LogP contribution in [-0.2, 0) is 26.2 Å². The van der Waals surface area contributed by atoms with E-state index < -0.39 is 0 Å². The Kier molecular flexibility index (Phi) is 10.4. The zero-order chi connectivity index (χ0) is 27.3. The van der Waals surface area contributed by atoms with Gasteiger partial charge in [-0.15, -0.1) is 6.58 Å². The minimum Gasteiger partial charge on any atom is -0.466 e. The predicted octanol–water partition coefficient (Wildman–Crippen LogP) is 7.74. The molecular weight excluding hydrogens is 470 g/mol. The number of aryl methyl sites for hydroxylation is 1. The topological polar surface area (TPSA) is 46.6 Å². The van der Waals surface area contributed by atoms with Gasteiger partial charge in [-0.3, -0.25) is 9.59 Å². The van der Waals surface area contributed by atoms with E-state index in [9.17, 15) is 9.59 Å². The van der Waals surface area contributed by atoms with Crippen LogP contribution in [0.1, 0.15) is 85.8 Å². The number of carbonyl (C=O) groups is 2. The van der Waals surface area contributed by atoms with Crippen molar-refractivity contribution >= 4 is 23.5 Å². The summed E-state index contributed by atoms with van der Waals surface area (Å²) in [6.45, 7) is 21.7. The van der Waals surface area contributed by atoms with Crippen molar-refractivity contribution in [3.8, 4) is 0 Å². The first-order valence-corrected chi connectivity index (χ1v) is 13.6. The zero-order valence-corrected chi connectivity index (χ0v) is 24.4. The third kappa shape index (κ3) is 7.96. The molecule has 1 aliphatic carbocycles. The van der Waals surface area contributed by atoms with Crippen molar-refractivity contribution in [2.45, 2.75) is 86.5 Å². The van der Waals surface area contributed by atoms with Crippen molar-refractivity contribution in [1.82, 2.24) is 4.90 Å². The highest BCUT2D eigenvalue weighted by atomic mass is 35.5. The Balaban J connectivity index is 2.29. The Morgan fingerprint density at radius 3 is 2.36 bits per heavy atom. The second kappa shape index (κ2) is 12.4. The number of hydrogen-bond donors (Lipinski definition) is 0. The number of allylic oxidation sites excluding steroid dienone is 2. The van der Waals surface area contributed by atoms with Crippen molar-refractivity contribution in [2.24, 2.45) is 23.2 Å². The van der Waals surface area contributed by atoms with E-state index in [0.717, 1.165) is 41.8 Å². The molecule has 1 fully saturated rings. The van der Waals surface area contributed by atoms with Crippen LogP contribution in [0.15, 0.2) is 42.6 Å². The zero-order valence-electron chi connectivity index (χ0n) is 23.6. The second-order valence-electron chi connectivity index (χ2n) is 12.1. The van der Waals surface area contributed by atoms with E-state index in [1.807, 2.05) is 24.1 Å². The number of nitrogens with zero attached hydrogens (tertiary/aromatic N) is 1. The van der Waals surface area contributed by atoms with Gasteiger partial charge in [0.1, 0.15) is 0 Å². The van der Waals surface area contributed by atoms with Gasteiger partial charge in [0.15, 0.2) is 0 Å². The fourth-order valence-electron chi connectivity index (χ4n) is 4.85. The van der Waals surface area contributed by atoms with E-state index in [1.165, 1.54) is 5.56 Å². The molecule has 0 saturated heterocycles. The molecule has 36 heavy (non-hydrogen) atoms. The Morgan fingerprint density at radius 2 is 1.86 bits per heavy atom. The lowest BCUT2D eigenvalue weighted by atomic mass is 9.72. The predicted molar refractivity (Wildman–Crippen MR) is 150 cm³/mol. The van der Waals surface area contributed by atoms with E-state index in [0.29, 0.717) is 19.1 Å². The lowest BCUT2D eigenvalue weighted by Crippen LogP contribution is -2.40. The molecule has 1 atom stereocenters. The van der Waals surface area contributed by atoms with Gasteiger partial charge in [-0.2, -0.15) is 0 Å². The van der Waals surface area contributed by atoms with Crippen LogP contribution in [0.4, 0.5) is 0 Å². The molecule has 1 unspecified atom stereocenters. The quantitative estimate of drug-likeness (QED) is 0.223. The summed E-state index contributed by atoms with van der Waals surface area (Å²) in [7, 11) is 0. The SMILES string of the molecule is C=CC(C)/C(=C/N(CC1CC(C(=O)OCC)C1)C(C)=O)C(C)(C)c1ccc(CCC(C)(C)C)c(Cl)c1. The van der Waals surface area contributed by atoms with Crippen LogP contribution in [-0.4, -0.2) is 29.9 Å². The molecular formula is C31H46ClNO3. The molecule has 200 valence electrons. The van der Waals surface area contributed by atoms with E-state index in [2.05, 4.69) is 66.3 Å². The Morgan fingerprint density at radius 1 is 1.22 bits per heavy atom. The van der Waals surface area contributed by atoms with Crippen molar-refractivity contribution in [2.75, 3.05) is 13.2 Å². The molecule has 0 aromatic heterocycles. The molecule has 5 heteroatoms. The molecule has 1 aromatic carbocycles. The van der Waals surface area contributed by atoms with Crippen molar-refractivity contribution in [3.05, 3.63) is 58.8 Å². The number of hydrogen-bond acceptors (Lipinski definition) is 3. The number of ether oxygens (including phenoxy) is 1. The van der Waals surface area contributed by atoms with Crippen molar-refractivity contribution in [3.63, 3.8) is 0 Å². The van der Waals surface area contributed by atoms with Crippen LogP contribution in [0, 0.1) is 23.2 Å². The molecule has 0 N–H and O–H groups in total. The highest BCUT2D eigenvalue weighted by Crippen LogP contribution is 2.40. The molecule has 0 spiro atoms. The van der Waals surface area contributed by atoms with Gasteiger partial charge in [-0.25, -0.2) is 0 Å². The highest BCUT2D eigenvalue weighted by Gasteiger charge is 2.37. The van der Waals surface area contributed by atoms with Gasteiger partial charge < -0.3 is 9.64 Å². The van der Waals surface area contributed by atoms with Crippen LogP contribution in [0.2, 0.25) is 5.02 Å². The normalized spacial score (nSPS) is 19.3. The van der Waals surface area contributed by atoms with Crippen molar-refractivity contribution in [1.29, 1.82) is 0 Å². The lowest BCUT2D eigenvalue weighted by Gasteiger charge is -2.38. The number of halogens is 1. The number of benzene rings is 1. The van der Waals surface area contributed by atoms with Gasteiger partial charge in [0.05, 0.1) is 12.5 Å². The minimum atomic E-state index is -0.361. The van der Waals surface area contributed by atoms with Crippen LogP contribution in [0.3, 0.4) is 0 Å². The summed E-state index contributed by atoms with van der Waals surface area (Å²) in [6, 6.07) is 6.40. The van der Waals surface area contributed by atoms with Crippen molar-refractivity contribution < 1.29 is 14.3 Å². The molecule has 1 saturated carbocycles. The van der Waals surface area contributed by atoms with Gasteiger partial charge in [-0.05, 0) is 72.6 Å². The largest absolute Gasteiger partial charge is 0.466 e. The molecule has 0 aliphatic heterocycles. The van der Waals surface area contributed by atoms with Crippen LogP contribution in [0.25, 0.3) is 0 Å². The fraction of sp³-hybridized carbons (Fsp3) is 0.613. The van der Waals surface area contributed by atoms with Gasteiger partial charge >= 0.3 is 5.97 Å². The first kappa shape index (κ1) is 30.2. The van der Waals surface area contributed by atoms with Crippen LogP contribution < -0.4 is 0 Å². The summed E-state index contributed by atoms with van der Waals surface area (Å²) in [5, 5.41) is 0.790. The smallest absolute Gasteiger partial charge is 0.308 e. The van der Waals surface area contributed by atoms with E-state index in [4.69, 9.17) is 16.3 Å². The lowest BCUT2D eigenvalue weighted by molar-refractivity contribution is -0.153. The van der Waals surface area contributed by atoms with Gasteiger partial charge in [0.25, 0.3) is 0 Å². The average molecular weight is 516 g/mol. The summed E-state index contributed by atoms with van der Waals surface area (Å²) in [6.07, 6.45) is 7.47. The van der Waals surface area contributed by atoms with E-state index >= 15 is 0 Å². The van der Waals surface area contributed by atoms with Gasteiger partial charge in [0.2, 0.25) is 5.91 Å². The minimum absolute atomic E-state index is 0.00490. The Bertz CT molecular complexity index is 967. The Labute approximate surface area is 224 Å². The summed E-state index contributed by atoms with van der Waals surface area (Å²) >= 11 is 6.75. The number of esters is 1. The van der Waals surface area contributed by atoms with Gasteiger partial charge in [-0.1, -0.05) is 71.4 Å². The first-order chi connectivity index (χ1) is 16.7. The molecule has 1 amide bonds. The summed E-state index contributed by atoms with van der Waals surface area (Å²) in [5.41, 5.74) is 3.28. The monoisotopic (exact) mass is 515 g/mol. The third-order valence-corrected chi connectivity index (χ3v) is 7.85. The highest BCUT2D eigenvalue weighted by molar-refractivity contribution is 6.31. The van der Waals surface area contributed by atoms with Crippen LogP contribution in [0.5, 0.6) is 0 Å². The fourth-order valence-corrected chi connectivity index (χ4v) is 5.12. The molecule has 1 aliphatic rings. The molecule has 4 nitrogen and oxygen atoms in total. The number of carbonyl (C=O) groups excluding carboxylic acids is 2. The molecule has 0 radical (unpaired) electrons. The summed E-state index contributed by atoms with van der Waals surface area (Å²) < 4.78 is 5.15. The molecule has 0 heterocycles. The standard InChI is InChI=1S/C31H46ClNO3/c1-10-21(3)27(20-33(22(4)34)19-23-16-25(17-23)29(35)36-11-2)31(8,9)26-13-12-24(28(32)18-26)14-15-30(5,6)7/h10,12-13,18,20-21,23,25H,1,11,14-17,19H2,2-9H3/b27-20-. The summed E-state index contributed by atoms with van der Waals surface area (Å²) in [4.78, 5) is 26.4. The average Bonchev–Trinajstić information content (AvgIpc) is 2.75. The number of rotatable bonds is 11. The first-order valence-electron chi connectivity index (χ1n) is 13.3. The van der Waals surface area contributed by atoms with Gasteiger partial charge in [0, 0.05) is 30.1 Å². The molecule has 2 rings (SSSR count). The summed E-state index contributed by atoms with van der Waals surface area (Å²) in [5.74, 6) is 0.183. The maximum atomic E-state index is 12.6. The van der Waals surface area contributed by atoms with E-state index in [-0.39, 0.29) is 34.5 Å². The maximum Gasteiger partial charge on any atom is 0.308 e. The molecule has 1 aromatic rings. The second-order valence-corrected chi connectivity index (χ2v) is 12.5. The molecule has 0 bridgehead atoms. The maximum absolute atomic E-state index is 12.6. The third-order valence-electron chi connectivity index (χ3n) is 7.49. The Hall–Kier alpha value is -2.07. The number of amides is 1. The van der Waals surface area contributed by atoms with E-state index in [1.54, 1.807) is 6.92 Å². The van der Waals surface area contributed by atoms with Crippen LogP contribution >= 0.6 is 11.6 Å².